The predicted molar refractivity (Wildman–Crippen MR) is 142 cm³/mol. The second kappa shape index (κ2) is 12.9. The van der Waals surface area contributed by atoms with Crippen LogP contribution in [0.15, 0.2) is 70.8 Å². The van der Waals surface area contributed by atoms with Gasteiger partial charge in [0, 0.05) is 16.5 Å². The van der Waals surface area contributed by atoms with Gasteiger partial charge in [0.25, 0.3) is 0 Å². The maximum absolute atomic E-state index is 13.1. The van der Waals surface area contributed by atoms with Crippen LogP contribution in [0, 0.1) is 5.41 Å². The van der Waals surface area contributed by atoms with Crippen molar-refractivity contribution in [1.29, 1.82) is 0 Å². The Morgan fingerprint density at radius 3 is 1.72 bits per heavy atom. The number of oxime groups is 1. The number of aliphatic imine (C=N–C) groups is 1. The van der Waals surface area contributed by atoms with E-state index >= 15 is 0 Å². The number of ketones is 1. The number of carbonyl (C=O) groups is 1. The summed E-state index contributed by atoms with van der Waals surface area (Å²) in [7, 11) is -3.89. The van der Waals surface area contributed by atoms with E-state index in [0.29, 0.717) is 5.71 Å². The minimum absolute atomic E-state index is 0.00799. The Morgan fingerprint density at radius 2 is 1.31 bits per heavy atom. The molecule has 0 atom stereocenters. The van der Waals surface area contributed by atoms with E-state index < -0.39 is 18.8 Å². The third kappa shape index (κ3) is 8.70. The fraction of sp³-hybridized carbons (Fsp3) is 0.444. The third-order valence-corrected chi connectivity index (χ3v) is 6.46. The lowest BCUT2D eigenvalue weighted by Gasteiger charge is -2.26. The molecule has 0 amide bonds. The van der Waals surface area contributed by atoms with Crippen LogP contribution in [-0.2, 0) is 27.8 Å². The summed E-state index contributed by atoms with van der Waals surface area (Å²) in [5.41, 5.74) is 0.480. The molecule has 8 nitrogen and oxygen atoms in total. The number of benzene rings is 2. The standard InChI is InChI=1S/C27H37N2O6P/c1-8-32-36(31,33-9-2)34-25(26(3,4)5)29-35-27(6,7)23(30)20-28-24(21-16-12-10-13-17-21)22-18-14-11-15-19-22/h10-19H,8-9,20H2,1-7H3/b29-25+. The second-order valence-electron chi connectivity index (χ2n) is 9.44. The molecule has 2 aromatic carbocycles. The smallest absolute Gasteiger partial charge is 0.386 e. The molecule has 0 radical (unpaired) electrons. The van der Waals surface area contributed by atoms with Gasteiger partial charge in [-0.25, -0.2) is 4.57 Å². The summed E-state index contributed by atoms with van der Waals surface area (Å²) in [4.78, 5) is 23.4. The zero-order valence-corrected chi connectivity index (χ0v) is 23.1. The number of nitrogens with zero attached hydrogens (tertiary/aromatic N) is 2. The van der Waals surface area contributed by atoms with Gasteiger partial charge in [0.15, 0.2) is 11.4 Å². The molecule has 0 unspecified atom stereocenters. The van der Waals surface area contributed by atoms with E-state index in [-0.39, 0.29) is 31.4 Å². The molecule has 0 saturated heterocycles. The number of phosphoric acid groups is 1. The topological polar surface area (TPSA) is 95.8 Å². The molecule has 9 heteroatoms. The maximum atomic E-state index is 13.1. The molecule has 0 aliphatic carbocycles. The molecule has 0 aromatic heterocycles. The number of Topliss-reactive ketones (excluding diaryl/α,β-unsaturated/α-hetero) is 1. The van der Waals surface area contributed by atoms with Crippen LogP contribution in [0.4, 0.5) is 0 Å². The first-order chi connectivity index (χ1) is 16.9. The Kier molecular flexibility index (Phi) is 10.6. The molecule has 0 aliphatic heterocycles. The lowest BCUT2D eigenvalue weighted by Crippen LogP contribution is -2.36. The molecular weight excluding hydrogens is 479 g/mol. The van der Waals surface area contributed by atoms with Crippen LogP contribution in [-0.4, -0.2) is 42.8 Å². The highest BCUT2D eigenvalue weighted by Gasteiger charge is 2.36. The summed E-state index contributed by atoms with van der Waals surface area (Å²) in [6.07, 6.45) is 0. The van der Waals surface area contributed by atoms with Crippen molar-refractivity contribution >= 4 is 25.2 Å². The van der Waals surface area contributed by atoms with Crippen LogP contribution < -0.4 is 0 Å². The lowest BCUT2D eigenvalue weighted by atomic mass is 9.97. The molecule has 36 heavy (non-hydrogen) atoms. The molecule has 196 valence electrons. The van der Waals surface area contributed by atoms with Gasteiger partial charge in [-0.2, -0.15) is 0 Å². The third-order valence-electron chi connectivity index (χ3n) is 4.92. The normalized spacial score (nSPS) is 12.7. The molecule has 0 aliphatic rings. The van der Waals surface area contributed by atoms with E-state index in [9.17, 15) is 9.36 Å². The van der Waals surface area contributed by atoms with Gasteiger partial charge in [-0.1, -0.05) is 86.6 Å². The summed E-state index contributed by atoms with van der Waals surface area (Å²) in [5, 5.41) is 4.07. The highest BCUT2D eigenvalue weighted by molar-refractivity contribution is 7.49. The highest BCUT2D eigenvalue weighted by atomic mass is 31.2. The molecule has 0 saturated carbocycles. The summed E-state index contributed by atoms with van der Waals surface area (Å²) in [6.45, 7) is 12.1. The Morgan fingerprint density at radius 1 is 0.833 bits per heavy atom. The molecule has 0 bridgehead atoms. The van der Waals surface area contributed by atoms with Crippen molar-refractivity contribution in [2.45, 2.75) is 54.1 Å². The molecule has 0 spiro atoms. The maximum Gasteiger partial charge on any atom is 0.531 e. The van der Waals surface area contributed by atoms with Crippen LogP contribution in [0.25, 0.3) is 0 Å². The van der Waals surface area contributed by atoms with Crippen molar-refractivity contribution in [3.05, 3.63) is 71.8 Å². The number of carbonyl (C=O) groups excluding carboxylic acids is 1. The fourth-order valence-electron chi connectivity index (χ4n) is 2.89. The minimum atomic E-state index is -3.89. The van der Waals surface area contributed by atoms with Crippen molar-refractivity contribution in [1.82, 2.24) is 0 Å². The van der Waals surface area contributed by atoms with Gasteiger partial charge < -0.3 is 9.36 Å². The second-order valence-corrected chi connectivity index (χ2v) is 11.0. The first-order valence-corrected chi connectivity index (χ1v) is 13.4. The number of hydrogen-bond donors (Lipinski definition) is 0. The predicted octanol–water partition coefficient (Wildman–Crippen LogP) is 6.45. The number of hydrogen-bond acceptors (Lipinski definition) is 8. The molecule has 0 heterocycles. The molecular formula is C27H37N2O6P. The summed E-state index contributed by atoms with van der Waals surface area (Å²) < 4.78 is 28.9. The number of rotatable bonds is 12. The summed E-state index contributed by atoms with van der Waals surface area (Å²) >= 11 is 0. The zero-order valence-electron chi connectivity index (χ0n) is 22.2. The van der Waals surface area contributed by atoms with Gasteiger partial charge in [0.1, 0.15) is 6.54 Å². The largest absolute Gasteiger partial charge is 0.531 e. The highest BCUT2D eigenvalue weighted by Crippen LogP contribution is 2.51. The Labute approximate surface area is 214 Å². The Hall–Kier alpha value is -2.80. The van der Waals surface area contributed by atoms with Crippen LogP contribution in [0.1, 0.15) is 59.6 Å². The zero-order chi connectivity index (χ0) is 26.8. The Balaban J connectivity index is 2.27. The van der Waals surface area contributed by atoms with Gasteiger partial charge >= 0.3 is 7.82 Å². The van der Waals surface area contributed by atoms with Crippen LogP contribution in [0.2, 0.25) is 0 Å². The van der Waals surface area contributed by atoms with E-state index in [0.717, 1.165) is 11.1 Å². The van der Waals surface area contributed by atoms with Crippen molar-refractivity contribution in [3.63, 3.8) is 0 Å². The molecule has 2 aromatic rings. The van der Waals surface area contributed by atoms with Crippen molar-refractivity contribution < 1.29 is 27.8 Å². The van der Waals surface area contributed by atoms with E-state index in [1.807, 2.05) is 81.4 Å². The average Bonchev–Trinajstić information content (AvgIpc) is 2.83. The summed E-state index contributed by atoms with van der Waals surface area (Å²) in [6, 6.07) is 19.4. The monoisotopic (exact) mass is 516 g/mol. The summed E-state index contributed by atoms with van der Waals surface area (Å²) in [5.74, 6) is -0.298. The fourth-order valence-corrected chi connectivity index (χ4v) is 4.22. The van der Waals surface area contributed by atoms with Crippen molar-refractivity contribution in [3.8, 4) is 0 Å². The van der Waals surface area contributed by atoms with Crippen molar-refractivity contribution in [2.24, 2.45) is 15.6 Å². The van der Waals surface area contributed by atoms with Gasteiger partial charge in [0.05, 0.1) is 18.9 Å². The van der Waals surface area contributed by atoms with Crippen LogP contribution in [0.5, 0.6) is 0 Å². The minimum Gasteiger partial charge on any atom is -0.386 e. The van der Waals surface area contributed by atoms with Gasteiger partial charge in [0.2, 0.25) is 5.90 Å². The average molecular weight is 517 g/mol. The van der Waals surface area contributed by atoms with E-state index in [2.05, 4.69) is 10.1 Å². The van der Waals surface area contributed by atoms with Crippen LogP contribution in [0.3, 0.4) is 0 Å². The van der Waals surface area contributed by atoms with E-state index in [1.54, 1.807) is 27.7 Å². The number of phosphoric ester groups is 1. The molecule has 0 fully saturated rings. The van der Waals surface area contributed by atoms with Gasteiger partial charge in [-0.3, -0.25) is 18.8 Å². The SMILES string of the molecule is CCOP(=O)(OCC)O/C(=N/OC(C)(C)C(=O)CN=C(c1ccccc1)c1ccccc1)C(C)(C)C. The van der Waals surface area contributed by atoms with E-state index in [1.165, 1.54) is 0 Å². The molecule has 2 rings (SSSR count). The van der Waals surface area contributed by atoms with Crippen LogP contribution >= 0.6 is 7.82 Å². The Bertz CT molecular complexity index is 1040. The first-order valence-electron chi connectivity index (χ1n) is 12.0. The lowest BCUT2D eigenvalue weighted by molar-refractivity contribution is -0.139. The molecule has 0 N–H and O–H groups in total. The van der Waals surface area contributed by atoms with Gasteiger partial charge in [-0.05, 0) is 27.7 Å². The van der Waals surface area contributed by atoms with E-state index in [4.69, 9.17) is 18.4 Å². The van der Waals surface area contributed by atoms with Gasteiger partial charge in [-0.15, -0.1) is 0 Å². The van der Waals surface area contributed by atoms with Crippen molar-refractivity contribution in [2.75, 3.05) is 19.8 Å². The first kappa shape index (κ1) is 29.4. The quantitative estimate of drug-likeness (QED) is 0.139.